The van der Waals surface area contributed by atoms with Gasteiger partial charge in [-0.3, -0.25) is 9.89 Å². The second-order valence-corrected chi connectivity index (χ2v) is 9.49. The number of aromatic nitrogens is 5. The summed E-state index contributed by atoms with van der Waals surface area (Å²) in [4.78, 5) is 26.1. The number of pyridine rings is 1. The number of nitriles is 1. The summed E-state index contributed by atoms with van der Waals surface area (Å²) in [6.45, 7) is 5.38. The van der Waals surface area contributed by atoms with E-state index in [4.69, 9.17) is 5.73 Å². The summed E-state index contributed by atoms with van der Waals surface area (Å²) >= 11 is 0. The molecular formula is C29H26FN9O. The van der Waals surface area contributed by atoms with Gasteiger partial charge in [0.15, 0.2) is 22.9 Å². The highest BCUT2D eigenvalue weighted by molar-refractivity contribution is 5.97. The van der Waals surface area contributed by atoms with Gasteiger partial charge in [-0.1, -0.05) is 36.4 Å². The quantitative estimate of drug-likeness (QED) is 0.227. The number of hydrogen-bond donors (Lipinski definition) is 4. The summed E-state index contributed by atoms with van der Waals surface area (Å²) in [6.07, 6.45) is 3.05. The summed E-state index contributed by atoms with van der Waals surface area (Å²) in [5.74, 6) is -0.126. The van der Waals surface area contributed by atoms with E-state index in [1.165, 1.54) is 12.3 Å². The molecule has 0 spiro atoms. The fourth-order valence-corrected chi connectivity index (χ4v) is 4.32. The minimum absolute atomic E-state index is 0.00900. The van der Waals surface area contributed by atoms with Gasteiger partial charge in [0.2, 0.25) is 0 Å². The van der Waals surface area contributed by atoms with E-state index in [0.717, 1.165) is 27.6 Å². The van der Waals surface area contributed by atoms with Gasteiger partial charge in [0, 0.05) is 11.8 Å². The van der Waals surface area contributed by atoms with E-state index < -0.39 is 11.9 Å². The third kappa shape index (κ3) is 5.28. The largest absolute Gasteiger partial charge is 0.384 e. The number of H-pyrrole nitrogens is 1. The third-order valence-corrected chi connectivity index (χ3v) is 6.67. The van der Waals surface area contributed by atoms with Gasteiger partial charge < -0.3 is 16.4 Å². The molecule has 0 aliphatic heterocycles. The van der Waals surface area contributed by atoms with Crippen molar-refractivity contribution in [2.45, 2.75) is 32.9 Å². The molecule has 40 heavy (non-hydrogen) atoms. The van der Waals surface area contributed by atoms with Crippen molar-refractivity contribution in [3.63, 3.8) is 0 Å². The Labute approximate surface area is 229 Å². The van der Waals surface area contributed by atoms with Crippen LogP contribution in [0.1, 0.15) is 58.8 Å². The van der Waals surface area contributed by atoms with Crippen LogP contribution in [0.2, 0.25) is 0 Å². The topological polar surface area (TPSA) is 158 Å². The van der Waals surface area contributed by atoms with Crippen LogP contribution in [-0.2, 0) is 0 Å². The molecule has 0 aliphatic rings. The first kappa shape index (κ1) is 26.2. The molecule has 2 atom stereocenters. The number of nitrogens with zero attached hydrogens (tertiary/aromatic N) is 5. The Morgan fingerprint density at radius 3 is 2.50 bits per heavy atom. The summed E-state index contributed by atoms with van der Waals surface area (Å²) in [6, 6.07) is 15.7. The molecular weight excluding hydrogens is 509 g/mol. The van der Waals surface area contributed by atoms with Crippen LogP contribution in [0.5, 0.6) is 0 Å². The maximum Gasteiger partial charge on any atom is 0.274 e. The number of nitrogen functional groups attached to an aromatic ring is 1. The van der Waals surface area contributed by atoms with E-state index in [2.05, 4.69) is 35.8 Å². The lowest BCUT2D eigenvalue weighted by Gasteiger charge is -2.19. The minimum atomic E-state index is -0.509. The summed E-state index contributed by atoms with van der Waals surface area (Å²) in [5.41, 5.74) is 10.5. The Hall–Kier alpha value is -5.37. The van der Waals surface area contributed by atoms with E-state index in [1.807, 2.05) is 43.3 Å². The van der Waals surface area contributed by atoms with Crippen molar-refractivity contribution in [2.24, 2.45) is 0 Å². The molecule has 0 saturated heterocycles. The van der Waals surface area contributed by atoms with Gasteiger partial charge in [0.05, 0.1) is 23.7 Å². The third-order valence-electron chi connectivity index (χ3n) is 6.67. The van der Waals surface area contributed by atoms with Crippen molar-refractivity contribution in [1.29, 1.82) is 5.26 Å². The van der Waals surface area contributed by atoms with Crippen LogP contribution in [-0.4, -0.2) is 31.1 Å². The maximum atomic E-state index is 13.7. The SMILES string of the molecule is Cc1cc([C@H](C)NC(=O)c2nc(C#N)cnc2N[C@H](C)c2ccc(-c3cnc4n[nH]c(N)c4c3)cc2)ccc1F. The normalized spacial score (nSPS) is 12.5. The van der Waals surface area contributed by atoms with Crippen molar-refractivity contribution < 1.29 is 9.18 Å². The van der Waals surface area contributed by atoms with E-state index in [-0.39, 0.29) is 29.1 Å². The standard InChI is InChI=1S/C29H26FN9O/c1-15-10-20(8-9-24(15)30)17(3)36-29(40)25-28(34-14-22(12-31)37-25)35-16(2)18-4-6-19(7-5-18)21-11-23-26(32)38-39-27(23)33-13-21/h4-11,13-14,16-17H,1-3H3,(H,34,35)(H,36,40)(H3,32,33,38,39)/t16-,17+/m1/s1. The van der Waals surface area contributed by atoms with Crippen LogP contribution in [0, 0.1) is 24.1 Å². The number of rotatable bonds is 7. The van der Waals surface area contributed by atoms with Gasteiger partial charge in [0.1, 0.15) is 17.7 Å². The zero-order valence-corrected chi connectivity index (χ0v) is 22.0. The molecule has 1 amide bonds. The number of carbonyl (C=O) groups excluding carboxylic acids is 1. The van der Waals surface area contributed by atoms with Crippen LogP contribution in [0.15, 0.2) is 60.9 Å². The van der Waals surface area contributed by atoms with Gasteiger partial charge in [0.25, 0.3) is 5.91 Å². The summed E-state index contributed by atoms with van der Waals surface area (Å²) in [7, 11) is 0. The molecule has 5 aromatic rings. The molecule has 5 rings (SSSR count). The molecule has 0 unspecified atom stereocenters. The number of aromatic amines is 1. The Balaban J connectivity index is 1.35. The number of aryl methyl sites for hydroxylation is 1. The number of carbonyl (C=O) groups is 1. The molecule has 5 N–H and O–H groups in total. The molecule has 3 heterocycles. The average Bonchev–Trinajstić information content (AvgIpc) is 3.34. The predicted octanol–water partition coefficient (Wildman–Crippen LogP) is 4.98. The highest BCUT2D eigenvalue weighted by Crippen LogP contribution is 2.27. The number of halogens is 1. The van der Waals surface area contributed by atoms with Gasteiger partial charge in [-0.2, -0.15) is 10.4 Å². The molecule has 3 aromatic heterocycles. The lowest BCUT2D eigenvalue weighted by Crippen LogP contribution is -2.29. The van der Waals surface area contributed by atoms with Gasteiger partial charge >= 0.3 is 0 Å². The molecule has 10 nitrogen and oxygen atoms in total. The fraction of sp³-hybridized carbons (Fsp3) is 0.172. The molecule has 0 bridgehead atoms. The molecule has 11 heteroatoms. The number of nitrogens with two attached hydrogens (primary N) is 1. The van der Waals surface area contributed by atoms with Crippen molar-refractivity contribution in [2.75, 3.05) is 11.1 Å². The Bertz CT molecular complexity index is 1760. The number of anilines is 2. The lowest BCUT2D eigenvalue weighted by atomic mass is 10.0. The summed E-state index contributed by atoms with van der Waals surface area (Å²) < 4.78 is 13.7. The van der Waals surface area contributed by atoms with E-state index in [9.17, 15) is 14.4 Å². The number of benzene rings is 2. The van der Waals surface area contributed by atoms with Crippen LogP contribution < -0.4 is 16.4 Å². The predicted molar refractivity (Wildman–Crippen MR) is 150 cm³/mol. The molecule has 0 fully saturated rings. The Morgan fingerprint density at radius 2 is 1.77 bits per heavy atom. The minimum Gasteiger partial charge on any atom is -0.384 e. The van der Waals surface area contributed by atoms with Gasteiger partial charge in [-0.05, 0) is 55.2 Å². The molecule has 200 valence electrons. The molecule has 0 radical (unpaired) electrons. The van der Waals surface area contributed by atoms with Crippen LogP contribution in [0.25, 0.3) is 22.2 Å². The fourth-order valence-electron chi connectivity index (χ4n) is 4.32. The number of fused-ring (bicyclic) bond motifs is 1. The monoisotopic (exact) mass is 535 g/mol. The second kappa shape index (κ2) is 10.8. The first-order valence-corrected chi connectivity index (χ1v) is 12.5. The molecule has 0 saturated carbocycles. The van der Waals surface area contributed by atoms with E-state index in [1.54, 1.807) is 32.2 Å². The van der Waals surface area contributed by atoms with E-state index >= 15 is 0 Å². The van der Waals surface area contributed by atoms with Crippen molar-refractivity contribution in [3.05, 3.63) is 94.8 Å². The highest BCUT2D eigenvalue weighted by Gasteiger charge is 2.21. The van der Waals surface area contributed by atoms with Gasteiger partial charge in [-0.25, -0.2) is 19.3 Å². The van der Waals surface area contributed by atoms with Crippen LogP contribution in [0.4, 0.5) is 16.0 Å². The zero-order chi connectivity index (χ0) is 28.4. The second-order valence-electron chi connectivity index (χ2n) is 9.49. The Morgan fingerprint density at radius 1 is 1.02 bits per heavy atom. The van der Waals surface area contributed by atoms with Gasteiger partial charge in [-0.15, -0.1) is 0 Å². The van der Waals surface area contributed by atoms with Crippen LogP contribution in [0.3, 0.4) is 0 Å². The number of amides is 1. The Kier molecular flexibility index (Phi) is 7.07. The lowest BCUT2D eigenvalue weighted by molar-refractivity contribution is 0.0935. The summed E-state index contributed by atoms with van der Waals surface area (Å²) in [5, 5.41) is 23.0. The molecule has 0 aliphatic carbocycles. The van der Waals surface area contributed by atoms with Crippen molar-refractivity contribution >= 4 is 28.6 Å². The van der Waals surface area contributed by atoms with Crippen LogP contribution >= 0.6 is 0 Å². The highest BCUT2D eigenvalue weighted by atomic mass is 19.1. The zero-order valence-electron chi connectivity index (χ0n) is 22.0. The molecule has 2 aromatic carbocycles. The average molecular weight is 536 g/mol. The van der Waals surface area contributed by atoms with Crippen molar-refractivity contribution in [3.8, 4) is 17.2 Å². The number of hydrogen-bond acceptors (Lipinski definition) is 8. The van der Waals surface area contributed by atoms with Crippen molar-refractivity contribution in [1.82, 2.24) is 30.5 Å². The number of nitrogens with one attached hydrogen (secondary N) is 3. The first-order valence-electron chi connectivity index (χ1n) is 12.5. The smallest absolute Gasteiger partial charge is 0.274 e. The first-order chi connectivity index (χ1) is 19.2. The van der Waals surface area contributed by atoms with E-state index in [0.29, 0.717) is 17.0 Å². The maximum absolute atomic E-state index is 13.7.